The average molecular weight is 479 g/mol. The van der Waals surface area contributed by atoms with Crippen LogP contribution in [0, 0.1) is 11.8 Å². The number of carbonyl (C=O) groups is 3. The lowest BCUT2D eigenvalue weighted by molar-refractivity contribution is -0.148. The summed E-state index contributed by atoms with van der Waals surface area (Å²) in [5.74, 6) is -1.45. The van der Waals surface area contributed by atoms with Crippen LogP contribution in [0.15, 0.2) is 48.5 Å². The van der Waals surface area contributed by atoms with Gasteiger partial charge in [-0.25, -0.2) is 4.79 Å². The first-order valence-corrected chi connectivity index (χ1v) is 12.5. The highest BCUT2D eigenvalue weighted by molar-refractivity contribution is 5.84. The van der Waals surface area contributed by atoms with Crippen molar-refractivity contribution in [3.8, 4) is 11.1 Å². The number of carboxylic acids is 1. The van der Waals surface area contributed by atoms with Crippen molar-refractivity contribution in [1.29, 1.82) is 0 Å². The summed E-state index contributed by atoms with van der Waals surface area (Å²) in [6.45, 7) is 4.11. The van der Waals surface area contributed by atoms with Crippen molar-refractivity contribution in [1.82, 2.24) is 10.2 Å². The Morgan fingerprint density at radius 2 is 1.69 bits per heavy atom. The van der Waals surface area contributed by atoms with Crippen molar-refractivity contribution in [2.24, 2.45) is 11.8 Å². The van der Waals surface area contributed by atoms with Crippen molar-refractivity contribution < 1.29 is 24.2 Å². The fraction of sp³-hybridized carbons (Fsp3) is 0.464. The minimum absolute atomic E-state index is 0.00550. The van der Waals surface area contributed by atoms with Crippen LogP contribution in [0.2, 0.25) is 0 Å². The van der Waals surface area contributed by atoms with E-state index in [1.165, 1.54) is 16.0 Å². The molecule has 0 spiro atoms. The van der Waals surface area contributed by atoms with E-state index >= 15 is 0 Å². The largest absolute Gasteiger partial charge is 0.480 e. The predicted octanol–water partition coefficient (Wildman–Crippen LogP) is 4.65. The highest BCUT2D eigenvalue weighted by atomic mass is 16.5. The van der Waals surface area contributed by atoms with Crippen LogP contribution >= 0.6 is 0 Å². The number of ether oxygens (including phenoxy) is 1. The molecule has 0 aromatic heterocycles. The SMILES string of the molecule is CCC(C)N(CC(=O)O)C(=O)[C@@H]1CCC[C@@H]1CNC(=O)OCC1c2ccccc2-c2ccccc21. The zero-order chi connectivity index (χ0) is 24.9. The van der Waals surface area contributed by atoms with E-state index in [9.17, 15) is 19.5 Å². The van der Waals surface area contributed by atoms with Gasteiger partial charge in [0.2, 0.25) is 5.91 Å². The zero-order valence-electron chi connectivity index (χ0n) is 20.4. The molecule has 4 rings (SSSR count). The van der Waals surface area contributed by atoms with E-state index in [4.69, 9.17) is 4.74 Å². The molecule has 2 aliphatic carbocycles. The molecule has 2 N–H and O–H groups in total. The smallest absolute Gasteiger partial charge is 0.407 e. The van der Waals surface area contributed by atoms with E-state index < -0.39 is 12.1 Å². The van der Waals surface area contributed by atoms with Crippen LogP contribution in [0.5, 0.6) is 0 Å². The molecular formula is C28H34N2O5. The fourth-order valence-electron chi connectivity index (χ4n) is 5.50. The molecule has 2 amide bonds. The number of nitrogens with one attached hydrogen (secondary N) is 1. The molecular weight excluding hydrogens is 444 g/mol. The first kappa shape index (κ1) is 24.8. The third-order valence-electron chi connectivity index (χ3n) is 7.54. The lowest BCUT2D eigenvalue weighted by Gasteiger charge is -2.31. The molecule has 2 aromatic rings. The standard InChI is InChI=1S/C28H34N2O5/c1-3-18(2)30(16-26(31)32)27(33)20-14-8-9-19(20)15-29-28(34)35-17-25-23-12-6-4-10-21(23)22-11-5-7-13-24(22)25/h4-7,10-13,18-20,25H,3,8-9,14-17H2,1-2H3,(H,29,34)(H,31,32)/t18?,19-,20-/m1/s1. The number of aliphatic carboxylic acids is 1. The number of benzene rings is 2. The van der Waals surface area contributed by atoms with Crippen molar-refractivity contribution in [2.45, 2.75) is 51.5 Å². The second kappa shape index (κ2) is 10.9. The van der Waals surface area contributed by atoms with Crippen LogP contribution in [0.1, 0.15) is 56.6 Å². The van der Waals surface area contributed by atoms with Crippen LogP contribution in [-0.2, 0) is 14.3 Å². The molecule has 186 valence electrons. The Labute approximate surface area is 206 Å². The van der Waals surface area contributed by atoms with E-state index in [1.807, 2.05) is 38.1 Å². The second-order valence-corrected chi connectivity index (χ2v) is 9.62. The normalized spacial score (nSPS) is 19.5. The zero-order valence-corrected chi connectivity index (χ0v) is 20.4. The number of alkyl carbamates (subject to hydrolysis) is 1. The molecule has 7 nitrogen and oxygen atoms in total. The molecule has 2 aliphatic rings. The Balaban J connectivity index is 1.34. The van der Waals surface area contributed by atoms with Gasteiger partial charge in [0.25, 0.3) is 0 Å². The van der Waals surface area contributed by atoms with Gasteiger partial charge in [-0.1, -0.05) is 61.9 Å². The van der Waals surface area contributed by atoms with Gasteiger partial charge < -0.3 is 20.1 Å². The third-order valence-corrected chi connectivity index (χ3v) is 7.54. The molecule has 0 heterocycles. The van der Waals surface area contributed by atoms with Gasteiger partial charge in [0.1, 0.15) is 13.2 Å². The van der Waals surface area contributed by atoms with Crippen LogP contribution in [0.3, 0.4) is 0 Å². The Kier molecular flexibility index (Phi) is 7.73. The summed E-state index contributed by atoms with van der Waals surface area (Å²) in [6, 6.07) is 16.2. The first-order chi connectivity index (χ1) is 16.9. The summed E-state index contributed by atoms with van der Waals surface area (Å²) >= 11 is 0. The number of fused-ring (bicyclic) bond motifs is 3. The maximum absolute atomic E-state index is 13.2. The maximum Gasteiger partial charge on any atom is 0.407 e. The second-order valence-electron chi connectivity index (χ2n) is 9.62. The summed E-state index contributed by atoms with van der Waals surface area (Å²) in [4.78, 5) is 38.6. The predicted molar refractivity (Wildman–Crippen MR) is 133 cm³/mol. The number of rotatable bonds is 9. The quantitative estimate of drug-likeness (QED) is 0.547. The van der Waals surface area contributed by atoms with E-state index in [1.54, 1.807) is 0 Å². The van der Waals surface area contributed by atoms with Gasteiger partial charge in [-0.2, -0.15) is 0 Å². The van der Waals surface area contributed by atoms with Crippen molar-refractivity contribution in [3.63, 3.8) is 0 Å². The molecule has 0 radical (unpaired) electrons. The van der Waals surface area contributed by atoms with Crippen LogP contribution in [0.25, 0.3) is 11.1 Å². The maximum atomic E-state index is 13.2. The molecule has 0 bridgehead atoms. The van der Waals surface area contributed by atoms with Crippen LogP contribution in [0.4, 0.5) is 4.79 Å². The molecule has 35 heavy (non-hydrogen) atoms. The minimum atomic E-state index is -1.01. The van der Waals surface area contributed by atoms with Gasteiger partial charge in [-0.05, 0) is 54.4 Å². The molecule has 1 fully saturated rings. The molecule has 7 heteroatoms. The van der Waals surface area contributed by atoms with Crippen molar-refractivity contribution >= 4 is 18.0 Å². The van der Waals surface area contributed by atoms with Gasteiger partial charge in [-0.3, -0.25) is 9.59 Å². The Morgan fingerprint density at radius 1 is 1.06 bits per heavy atom. The summed E-state index contributed by atoms with van der Waals surface area (Å²) in [6.07, 6.45) is 2.61. The van der Waals surface area contributed by atoms with E-state index in [0.717, 1.165) is 24.0 Å². The number of amides is 2. The summed E-state index contributed by atoms with van der Waals surface area (Å²) < 4.78 is 5.63. The fourth-order valence-corrected chi connectivity index (χ4v) is 5.50. The molecule has 2 aromatic carbocycles. The van der Waals surface area contributed by atoms with Gasteiger partial charge in [0, 0.05) is 24.4 Å². The minimum Gasteiger partial charge on any atom is -0.480 e. The molecule has 1 unspecified atom stereocenters. The topological polar surface area (TPSA) is 95.9 Å². The van der Waals surface area contributed by atoms with E-state index in [0.29, 0.717) is 19.4 Å². The lowest BCUT2D eigenvalue weighted by atomic mass is 9.93. The number of carbonyl (C=O) groups excluding carboxylic acids is 2. The Hall–Kier alpha value is -3.35. The number of nitrogens with zero attached hydrogens (tertiary/aromatic N) is 1. The monoisotopic (exact) mass is 478 g/mol. The lowest BCUT2D eigenvalue weighted by Crippen LogP contribution is -2.46. The van der Waals surface area contributed by atoms with Crippen molar-refractivity contribution in [2.75, 3.05) is 19.7 Å². The molecule has 1 saturated carbocycles. The molecule has 3 atom stereocenters. The van der Waals surface area contributed by atoms with Crippen LogP contribution in [-0.4, -0.2) is 53.7 Å². The Bertz CT molecular complexity index is 1040. The number of hydrogen-bond donors (Lipinski definition) is 2. The van der Waals surface area contributed by atoms with Gasteiger partial charge in [-0.15, -0.1) is 0 Å². The van der Waals surface area contributed by atoms with Gasteiger partial charge in [0.05, 0.1) is 0 Å². The number of carboxylic acid groups (broad SMARTS) is 1. The highest BCUT2D eigenvalue weighted by Gasteiger charge is 2.37. The summed E-state index contributed by atoms with van der Waals surface area (Å²) in [5.41, 5.74) is 4.67. The summed E-state index contributed by atoms with van der Waals surface area (Å²) in [7, 11) is 0. The summed E-state index contributed by atoms with van der Waals surface area (Å²) in [5, 5.41) is 12.1. The average Bonchev–Trinajstić information content (AvgIpc) is 3.46. The molecule has 0 aliphatic heterocycles. The van der Waals surface area contributed by atoms with Gasteiger partial charge in [0.15, 0.2) is 0 Å². The van der Waals surface area contributed by atoms with E-state index in [2.05, 4.69) is 29.6 Å². The van der Waals surface area contributed by atoms with Crippen molar-refractivity contribution in [3.05, 3.63) is 59.7 Å². The van der Waals surface area contributed by atoms with E-state index in [-0.39, 0.29) is 42.9 Å². The Morgan fingerprint density at radius 3 is 2.29 bits per heavy atom. The van der Waals surface area contributed by atoms with Gasteiger partial charge >= 0.3 is 12.1 Å². The highest BCUT2D eigenvalue weighted by Crippen LogP contribution is 2.44. The third kappa shape index (κ3) is 5.34. The molecule has 0 saturated heterocycles. The van der Waals surface area contributed by atoms with Crippen LogP contribution < -0.4 is 5.32 Å². The number of hydrogen-bond acceptors (Lipinski definition) is 4. The first-order valence-electron chi connectivity index (χ1n) is 12.5.